The van der Waals surface area contributed by atoms with Crippen LogP contribution >= 0.6 is 11.8 Å². The van der Waals surface area contributed by atoms with Crippen molar-refractivity contribution in [3.8, 4) is 5.75 Å². The molecule has 0 aromatic heterocycles. The fourth-order valence-electron chi connectivity index (χ4n) is 2.82. The molecule has 2 amide bonds. The summed E-state index contributed by atoms with van der Waals surface area (Å²) in [5.41, 5.74) is 1.43. The largest absolute Gasteiger partial charge is 0.497 e. The topological polar surface area (TPSA) is 58.6 Å². The smallest absolute Gasteiger partial charge is 0.242 e. The zero-order chi connectivity index (χ0) is 21.2. The third-order valence-electron chi connectivity index (χ3n) is 4.45. The highest BCUT2D eigenvalue weighted by atomic mass is 32.2. The van der Waals surface area contributed by atoms with Gasteiger partial charge in [-0.1, -0.05) is 30.3 Å². The number of halogens is 1. The van der Waals surface area contributed by atoms with Crippen molar-refractivity contribution < 1.29 is 18.7 Å². The van der Waals surface area contributed by atoms with Crippen LogP contribution in [-0.4, -0.2) is 42.2 Å². The number of nitrogens with zero attached hydrogens (tertiary/aromatic N) is 1. The first-order chi connectivity index (χ1) is 14.0. The van der Waals surface area contributed by atoms with Gasteiger partial charge in [0.15, 0.2) is 0 Å². The first-order valence-electron chi connectivity index (χ1n) is 9.47. The molecule has 0 aliphatic heterocycles. The number of rotatable bonds is 10. The lowest BCUT2D eigenvalue weighted by Crippen LogP contribution is -2.48. The van der Waals surface area contributed by atoms with Gasteiger partial charge in [0.05, 0.1) is 12.9 Å². The number of carbonyl (C=O) groups excluding carboxylic acids is 2. The molecule has 156 valence electrons. The van der Waals surface area contributed by atoms with Gasteiger partial charge in [-0.3, -0.25) is 9.59 Å². The fourth-order valence-corrected chi connectivity index (χ4v) is 3.72. The summed E-state index contributed by atoms with van der Waals surface area (Å²) < 4.78 is 19.0. The Morgan fingerprint density at radius 1 is 1.21 bits per heavy atom. The number of ether oxygens (including phenoxy) is 1. The molecular weight excluding hydrogens is 391 g/mol. The minimum Gasteiger partial charge on any atom is -0.497 e. The third kappa shape index (κ3) is 6.78. The molecular formula is C22H27FN2O3S. The summed E-state index contributed by atoms with van der Waals surface area (Å²) in [6.07, 6.45) is 0. The number of hydrogen-bond donors (Lipinski definition) is 1. The van der Waals surface area contributed by atoms with E-state index in [1.807, 2.05) is 31.2 Å². The number of carbonyl (C=O) groups is 2. The molecule has 0 saturated heterocycles. The van der Waals surface area contributed by atoms with E-state index in [1.54, 1.807) is 37.1 Å². The second-order valence-electron chi connectivity index (χ2n) is 6.53. The van der Waals surface area contributed by atoms with E-state index >= 15 is 0 Å². The van der Waals surface area contributed by atoms with Crippen molar-refractivity contribution in [2.75, 3.05) is 19.4 Å². The molecule has 1 N–H and O–H groups in total. The van der Waals surface area contributed by atoms with E-state index in [9.17, 15) is 14.0 Å². The van der Waals surface area contributed by atoms with E-state index in [1.165, 1.54) is 17.8 Å². The summed E-state index contributed by atoms with van der Waals surface area (Å²) in [7, 11) is 1.58. The van der Waals surface area contributed by atoms with E-state index < -0.39 is 6.04 Å². The molecule has 7 heteroatoms. The van der Waals surface area contributed by atoms with Crippen molar-refractivity contribution in [3.05, 3.63) is 65.5 Å². The highest BCUT2D eigenvalue weighted by molar-refractivity contribution is 7.99. The third-order valence-corrected chi connectivity index (χ3v) is 5.41. The molecule has 0 fully saturated rings. The maximum absolute atomic E-state index is 13.8. The molecule has 5 nitrogen and oxygen atoms in total. The Kier molecular flexibility index (Phi) is 8.99. The van der Waals surface area contributed by atoms with Crippen LogP contribution in [0.15, 0.2) is 48.5 Å². The summed E-state index contributed by atoms with van der Waals surface area (Å²) in [5.74, 6) is 0.574. The maximum Gasteiger partial charge on any atom is 0.242 e. The van der Waals surface area contributed by atoms with Crippen LogP contribution < -0.4 is 10.1 Å². The quantitative estimate of drug-likeness (QED) is 0.640. The average molecular weight is 419 g/mol. The van der Waals surface area contributed by atoms with Gasteiger partial charge in [-0.05, 0) is 43.2 Å². The van der Waals surface area contributed by atoms with E-state index in [2.05, 4.69) is 5.32 Å². The number of hydrogen-bond acceptors (Lipinski definition) is 4. The van der Waals surface area contributed by atoms with Gasteiger partial charge >= 0.3 is 0 Å². The second kappa shape index (κ2) is 11.5. The van der Waals surface area contributed by atoms with Crippen LogP contribution in [0.5, 0.6) is 5.75 Å². The van der Waals surface area contributed by atoms with E-state index in [-0.39, 0.29) is 29.9 Å². The minimum absolute atomic E-state index is 0.155. The number of likely N-dealkylation sites (N-methyl/N-ethyl adjacent to an activating group) is 1. The molecule has 2 aromatic rings. The maximum atomic E-state index is 13.8. The highest BCUT2D eigenvalue weighted by Crippen LogP contribution is 2.19. The summed E-state index contributed by atoms with van der Waals surface area (Å²) in [6.45, 7) is 4.33. The first kappa shape index (κ1) is 22.7. The monoisotopic (exact) mass is 418 g/mol. The van der Waals surface area contributed by atoms with Crippen molar-refractivity contribution in [3.63, 3.8) is 0 Å². The SMILES string of the molecule is CCNC(=O)[C@@H](C)N(Cc1cccc(OC)c1)C(=O)CSCc1ccccc1F. The molecule has 0 aliphatic carbocycles. The Bertz CT molecular complexity index is 831. The van der Waals surface area contributed by atoms with Crippen LogP contribution in [0, 0.1) is 5.82 Å². The van der Waals surface area contributed by atoms with Crippen LogP contribution in [0.25, 0.3) is 0 Å². The van der Waals surface area contributed by atoms with Gasteiger partial charge in [-0.25, -0.2) is 4.39 Å². The summed E-state index contributed by atoms with van der Waals surface area (Å²) in [5, 5.41) is 2.76. The Morgan fingerprint density at radius 2 is 1.97 bits per heavy atom. The molecule has 0 spiro atoms. The molecule has 0 heterocycles. The Labute approximate surface area is 175 Å². The normalized spacial score (nSPS) is 11.6. The molecule has 1 atom stereocenters. The Morgan fingerprint density at radius 3 is 2.66 bits per heavy atom. The molecule has 0 radical (unpaired) electrons. The van der Waals surface area contributed by atoms with Crippen LogP contribution in [0.1, 0.15) is 25.0 Å². The molecule has 0 aliphatic rings. The molecule has 2 rings (SSSR count). The number of nitrogens with one attached hydrogen (secondary N) is 1. The highest BCUT2D eigenvalue weighted by Gasteiger charge is 2.25. The zero-order valence-electron chi connectivity index (χ0n) is 17.0. The fraction of sp³-hybridized carbons (Fsp3) is 0.364. The average Bonchev–Trinajstić information content (AvgIpc) is 2.73. The minimum atomic E-state index is -0.622. The van der Waals surface area contributed by atoms with Gasteiger partial charge in [-0.15, -0.1) is 11.8 Å². The molecule has 29 heavy (non-hydrogen) atoms. The number of methoxy groups -OCH3 is 1. The molecule has 0 unspecified atom stereocenters. The van der Waals surface area contributed by atoms with Crippen LogP contribution in [0.3, 0.4) is 0 Å². The number of thioether (sulfide) groups is 1. The van der Waals surface area contributed by atoms with Crippen LogP contribution in [-0.2, 0) is 21.9 Å². The summed E-state index contributed by atoms with van der Waals surface area (Å²) >= 11 is 1.33. The van der Waals surface area contributed by atoms with E-state index in [0.717, 1.165) is 5.56 Å². The van der Waals surface area contributed by atoms with Crippen molar-refractivity contribution in [1.29, 1.82) is 0 Å². The Hall–Kier alpha value is -2.54. The molecule has 2 aromatic carbocycles. The van der Waals surface area contributed by atoms with E-state index in [0.29, 0.717) is 23.6 Å². The second-order valence-corrected chi connectivity index (χ2v) is 7.51. The lowest BCUT2D eigenvalue weighted by atomic mass is 10.1. The zero-order valence-corrected chi connectivity index (χ0v) is 17.8. The predicted molar refractivity (Wildman–Crippen MR) is 114 cm³/mol. The van der Waals surface area contributed by atoms with Gasteiger partial charge in [-0.2, -0.15) is 0 Å². The van der Waals surface area contributed by atoms with Crippen LogP contribution in [0.4, 0.5) is 4.39 Å². The van der Waals surface area contributed by atoms with Crippen LogP contribution in [0.2, 0.25) is 0 Å². The van der Waals surface area contributed by atoms with Crippen molar-refractivity contribution in [2.45, 2.75) is 32.2 Å². The lowest BCUT2D eigenvalue weighted by Gasteiger charge is -2.28. The Balaban J connectivity index is 2.09. The van der Waals surface area contributed by atoms with Crippen molar-refractivity contribution in [1.82, 2.24) is 10.2 Å². The molecule has 0 bridgehead atoms. The molecule has 0 saturated carbocycles. The van der Waals surface area contributed by atoms with Gasteiger partial charge in [0, 0.05) is 18.8 Å². The van der Waals surface area contributed by atoms with E-state index in [4.69, 9.17) is 4.74 Å². The van der Waals surface area contributed by atoms with Gasteiger partial charge in [0.25, 0.3) is 0 Å². The lowest BCUT2D eigenvalue weighted by molar-refractivity contribution is -0.138. The summed E-state index contributed by atoms with van der Waals surface area (Å²) in [4.78, 5) is 26.8. The first-order valence-corrected chi connectivity index (χ1v) is 10.6. The van der Waals surface area contributed by atoms with Crippen molar-refractivity contribution in [2.24, 2.45) is 0 Å². The summed E-state index contributed by atoms with van der Waals surface area (Å²) in [6, 6.07) is 13.3. The van der Waals surface area contributed by atoms with Gasteiger partial charge in [0.1, 0.15) is 17.6 Å². The van der Waals surface area contributed by atoms with Gasteiger partial charge < -0.3 is 15.0 Å². The standard InChI is InChI=1S/C22H27FN2O3S/c1-4-24-22(27)16(2)25(13-17-8-7-10-19(12-17)28-3)21(26)15-29-14-18-9-5-6-11-20(18)23/h5-12,16H,4,13-15H2,1-3H3,(H,24,27)/t16-/m1/s1. The number of amides is 2. The predicted octanol–water partition coefficient (Wildman–Crippen LogP) is 3.62. The van der Waals surface area contributed by atoms with Crippen molar-refractivity contribution >= 4 is 23.6 Å². The number of benzene rings is 2. The van der Waals surface area contributed by atoms with Gasteiger partial charge in [0.2, 0.25) is 11.8 Å².